The molecule has 108 valence electrons. The van der Waals surface area contributed by atoms with Crippen LogP contribution in [0.25, 0.3) is 27.9 Å². The quantitative estimate of drug-likeness (QED) is 0.413. The number of nitrogens with zero attached hydrogens (tertiary/aromatic N) is 1. The summed E-state index contributed by atoms with van der Waals surface area (Å²) in [6, 6.07) is 23.4. The van der Waals surface area contributed by atoms with Crippen LogP contribution in [0.1, 0.15) is 0 Å². The maximum atomic E-state index is 6.35. The van der Waals surface area contributed by atoms with Crippen molar-refractivity contribution in [2.24, 2.45) is 0 Å². The van der Waals surface area contributed by atoms with E-state index in [1.165, 1.54) is 5.39 Å². The van der Waals surface area contributed by atoms with E-state index in [9.17, 15) is 0 Å². The molecule has 1 N–H and O–H groups in total. The molecule has 2 aromatic carbocycles. The van der Waals surface area contributed by atoms with E-state index in [0.29, 0.717) is 12.3 Å². The van der Waals surface area contributed by atoms with Gasteiger partial charge in [0.05, 0.1) is 5.52 Å². The fourth-order valence-electron chi connectivity index (χ4n) is 1.77. The minimum atomic E-state index is 0. The van der Waals surface area contributed by atoms with Gasteiger partial charge in [0.1, 0.15) is 0 Å². The van der Waals surface area contributed by atoms with Gasteiger partial charge in [-0.25, -0.2) is 0 Å². The molecule has 3 rings (SSSR count). The Bertz CT molecular complexity index is 657. The van der Waals surface area contributed by atoms with Gasteiger partial charge < -0.3 is 18.4 Å². The number of hydrogen-bond donors (Lipinski definition) is 0. The first-order valence-electron chi connectivity index (χ1n) is 6.40. The first-order valence-corrected chi connectivity index (χ1v) is 6.98. The van der Waals surface area contributed by atoms with Crippen LogP contribution in [0.4, 0.5) is 0 Å². The number of rotatable bonds is 2. The number of nitrogens with one attached hydrogen (secondary N) is 1. The van der Waals surface area contributed by atoms with Gasteiger partial charge in [-0.05, 0) is 17.1 Å². The summed E-state index contributed by atoms with van der Waals surface area (Å²) in [4.78, 5) is 4.61. The second kappa shape index (κ2) is 9.69. The summed E-state index contributed by atoms with van der Waals surface area (Å²) in [6.45, 7) is 0.384. The van der Waals surface area contributed by atoms with Gasteiger partial charge in [0.2, 0.25) is 0 Å². The number of pyridine rings is 1. The van der Waals surface area contributed by atoms with E-state index in [2.05, 4.69) is 35.8 Å². The second-order valence-electron chi connectivity index (χ2n) is 4.12. The maximum absolute atomic E-state index is 6.35. The van der Waals surface area contributed by atoms with Crippen LogP contribution in [-0.4, -0.2) is 17.3 Å². The van der Waals surface area contributed by atoms with E-state index >= 15 is 0 Å². The summed E-state index contributed by atoms with van der Waals surface area (Å²) in [5.41, 5.74) is 9.38. The molecule has 0 spiro atoms. The summed E-state index contributed by atoms with van der Waals surface area (Å²) in [6.07, 6.45) is 0. The molecular weight excluding hydrogens is 456 g/mol. The fraction of sp³-hybridized carbons (Fsp3) is 0.118. The molecule has 0 bridgehead atoms. The van der Waals surface area contributed by atoms with E-state index in [0.717, 1.165) is 16.8 Å². The summed E-state index contributed by atoms with van der Waals surface area (Å²) in [5, 5.41) is 1.17. The maximum Gasteiger partial charge on any atom is 3.00 e. The van der Waals surface area contributed by atoms with Crippen molar-refractivity contribution in [3.63, 3.8) is 0 Å². The van der Waals surface area contributed by atoms with E-state index < -0.39 is 0 Å². The van der Waals surface area contributed by atoms with Gasteiger partial charge in [-0.1, -0.05) is 30.3 Å². The summed E-state index contributed by atoms with van der Waals surface area (Å²) < 4.78 is 0. The van der Waals surface area contributed by atoms with Gasteiger partial charge in [-0.3, -0.25) is 4.98 Å². The van der Waals surface area contributed by atoms with Crippen LogP contribution in [0.15, 0.2) is 60.7 Å². The average molecular weight is 472 g/mol. The molecule has 0 fully saturated rings. The third kappa shape index (κ3) is 5.25. The van der Waals surface area contributed by atoms with Crippen molar-refractivity contribution in [3.8, 4) is 11.3 Å². The molecule has 1 aromatic heterocycles. The van der Waals surface area contributed by atoms with Crippen molar-refractivity contribution in [3.05, 3.63) is 72.5 Å². The Morgan fingerprint density at radius 2 is 1.71 bits per heavy atom. The Morgan fingerprint density at radius 1 is 1.00 bits per heavy atom. The Balaban J connectivity index is 0.000000397. The van der Waals surface area contributed by atoms with E-state index in [4.69, 9.17) is 5.73 Å². The zero-order valence-corrected chi connectivity index (χ0v) is 14.6. The van der Waals surface area contributed by atoms with Crippen molar-refractivity contribution in [1.82, 2.24) is 4.98 Å². The first-order chi connectivity index (χ1) is 9.85. The van der Waals surface area contributed by atoms with Gasteiger partial charge in [-0.2, -0.15) is 12.3 Å². The van der Waals surface area contributed by atoms with Crippen molar-refractivity contribution >= 4 is 23.5 Å². The second-order valence-corrected chi connectivity index (χ2v) is 4.53. The molecule has 0 aliphatic carbocycles. The molecule has 1 heterocycles. The fourth-order valence-corrected chi connectivity index (χ4v) is 1.77. The van der Waals surface area contributed by atoms with Gasteiger partial charge in [0.15, 0.2) is 0 Å². The zero-order chi connectivity index (χ0) is 14.2. The van der Waals surface area contributed by atoms with E-state index in [1.54, 1.807) is 0 Å². The summed E-state index contributed by atoms with van der Waals surface area (Å²) in [5.74, 6) is 0.569. The van der Waals surface area contributed by atoms with Crippen LogP contribution >= 0.6 is 0 Å². The number of para-hydroxylation sites is 1. The number of benzene rings is 2. The molecule has 2 nitrogen and oxygen atoms in total. The minimum Gasteiger partial charge on any atom is -0.794 e. The van der Waals surface area contributed by atoms with Crippen molar-refractivity contribution in [1.29, 1.82) is 0 Å². The molecule has 21 heavy (non-hydrogen) atoms. The number of fused-ring (bicyclic) bond motifs is 1. The van der Waals surface area contributed by atoms with Gasteiger partial charge in [-0.15, -0.1) is 35.9 Å². The van der Waals surface area contributed by atoms with Crippen LogP contribution in [-0.2, 0) is 32.7 Å². The zero-order valence-electron chi connectivity index (χ0n) is 11.4. The topological polar surface area (TPSA) is 36.7 Å². The molecule has 0 radical (unpaired) electrons. The normalized spacial score (nSPS) is 9.43. The van der Waals surface area contributed by atoms with Gasteiger partial charge in [0.25, 0.3) is 0 Å². The average Bonchev–Trinajstić information content (AvgIpc) is 2.55. The number of aromatic nitrogens is 1. The number of hydrogen-bond acceptors (Lipinski definition) is 2. The van der Waals surface area contributed by atoms with Crippen LogP contribution in [0, 0.1) is 6.07 Å². The SMILES string of the molecule is [Ir+3].[NH-]CC[S-].[c-]1ccccc1-c1ccc2ccccc2n1. The van der Waals surface area contributed by atoms with Crippen LogP contribution in [0.2, 0.25) is 0 Å². The van der Waals surface area contributed by atoms with Gasteiger partial charge in [0, 0.05) is 0 Å². The van der Waals surface area contributed by atoms with Crippen molar-refractivity contribution < 1.29 is 20.1 Å². The first kappa shape index (κ1) is 17.9. The Morgan fingerprint density at radius 3 is 2.38 bits per heavy atom. The van der Waals surface area contributed by atoms with Crippen molar-refractivity contribution in [2.75, 3.05) is 12.3 Å². The smallest absolute Gasteiger partial charge is 0.794 e. The molecule has 0 amide bonds. The Kier molecular flexibility index (Phi) is 8.24. The molecule has 0 aliphatic rings. The van der Waals surface area contributed by atoms with E-state index in [-0.39, 0.29) is 20.1 Å². The molecule has 0 unspecified atom stereocenters. The largest absolute Gasteiger partial charge is 3.00 e. The van der Waals surface area contributed by atoms with Crippen LogP contribution in [0.5, 0.6) is 0 Å². The van der Waals surface area contributed by atoms with Gasteiger partial charge >= 0.3 is 20.1 Å². The van der Waals surface area contributed by atoms with Crippen molar-refractivity contribution in [2.45, 2.75) is 0 Å². The monoisotopic (exact) mass is 472 g/mol. The standard InChI is InChI=1S/C15H10N.C2H6NS.Ir/c1-2-6-12(7-3-1)15-11-10-13-8-4-5-9-14(13)16-15;3-1-2-4;/h1-6,8-11H;3-4H,1-2H2;/q2*-1;+3/p-1. The molecule has 4 heteroatoms. The molecule has 0 saturated heterocycles. The van der Waals surface area contributed by atoms with E-state index in [1.807, 2.05) is 48.5 Å². The molecule has 0 saturated carbocycles. The predicted octanol–water partition coefficient (Wildman–Crippen LogP) is 4.28. The predicted molar refractivity (Wildman–Crippen MR) is 87.4 cm³/mol. The Hall–Kier alpha value is -1.19. The molecule has 0 aliphatic heterocycles. The van der Waals surface area contributed by atoms with Crippen LogP contribution < -0.4 is 0 Å². The third-order valence-electron chi connectivity index (χ3n) is 2.69. The minimum absolute atomic E-state index is 0. The van der Waals surface area contributed by atoms with Crippen LogP contribution in [0.3, 0.4) is 0 Å². The molecular formula is C17H15IrN2S. The third-order valence-corrected chi connectivity index (χ3v) is 2.89. The summed E-state index contributed by atoms with van der Waals surface area (Å²) >= 11 is 4.37. The molecule has 3 aromatic rings. The Labute approximate surface area is 144 Å². The molecule has 0 atom stereocenters. The summed E-state index contributed by atoms with van der Waals surface area (Å²) in [7, 11) is 0.